The van der Waals surface area contributed by atoms with Crippen LogP contribution < -0.4 is 10.5 Å². The number of pyridine rings is 1. The van der Waals surface area contributed by atoms with E-state index in [4.69, 9.17) is 5.73 Å². The summed E-state index contributed by atoms with van der Waals surface area (Å²) in [4.78, 5) is 4.46. The molecule has 1 aromatic heterocycles. The second-order valence-corrected chi connectivity index (χ2v) is 7.48. The minimum atomic E-state index is -3.63. The van der Waals surface area contributed by atoms with E-state index in [9.17, 15) is 8.42 Å². The molecule has 1 heterocycles. The first-order valence-electron chi connectivity index (χ1n) is 7.04. The predicted octanol–water partition coefficient (Wildman–Crippen LogP) is 1.64. The molecule has 0 amide bonds. The van der Waals surface area contributed by atoms with Crippen LogP contribution in [-0.4, -0.2) is 25.5 Å². The molecule has 1 unspecified atom stereocenters. The van der Waals surface area contributed by atoms with Crippen LogP contribution in [-0.2, 0) is 10.0 Å². The first-order chi connectivity index (χ1) is 9.96. The van der Waals surface area contributed by atoms with Gasteiger partial charge in [-0.15, -0.1) is 0 Å². The first-order valence-corrected chi connectivity index (χ1v) is 8.52. The van der Waals surface area contributed by atoms with Crippen LogP contribution in [0.5, 0.6) is 0 Å². The average molecular weight is 305 g/mol. The summed E-state index contributed by atoms with van der Waals surface area (Å²) in [5.41, 5.74) is 5.89. The van der Waals surface area contributed by atoms with Gasteiger partial charge in [0.2, 0.25) is 10.0 Å². The molecule has 5 nitrogen and oxygen atoms in total. The summed E-state index contributed by atoms with van der Waals surface area (Å²) in [6, 6.07) is 8.63. The monoisotopic (exact) mass is 305 g/mol. The third-order valence-corrected chi connectivity index (χ3v) is 5.84. The van der Waals surface area contributed by atoms with Gasteiger partial charge in [0.15, 0.2) is 0 Å². The summed E-state index contributed by atoms with van der Waals surface area (Å²) in [6.07, 6.45) is 3.70. The summed E-state index contributed by atoms with van der Waals surface area (Å²) >= 11 is 0. The van der Waals surface area contributed by atoms with E-state index in [1.54, 1.807) is 36.5 Å². The molecule has 1 aliphatic rings. The number of aromatic nitrogens is 1. The van der Waals surface area contributed by atoms with E-state index in [1.165, 1.54) is 0 Å². The molecule has 0 saturated heterocycles. The lowest BCUT2D eigenvalue weighted by atomic mass is 9.98. The molecule has 0 aliphatic heterocycles. The smallest absolute Gasteiger partial charge is 0.241 e. The van der Waals surface area contributed by atoms with Crippen LogP contribution in [0, 0.1) is 5.92 Å². The lowest BCUT2D eigenvalue weighted by Crippen LogP contribution is -2.52. The van der Waals surface area contributed by atoms with E-state index in [2.05, 4.69) is 9.71 Å². The molecule has 6 heteroatoms. The molecular formula is C15H19N3O2S. The van der Waals surface area contributed by atoms with Gasteiger partial charge in [-0.2, -0.15) is 0 Å². The maximum absolute atomic E-state index is 12.8. The van der Waals surface area contributed by atoms with Gasteiger partial charge in [-0.3, -0.25) is 4.98 Å². The molecule has 3 rings (SSSR count). The molecule has 2 aromatic rings. The topological polar surface area (TPSA) is 85.1 Å². The van der Waals surface area contributed by atoms with Gasteiger partial charge in [-0.25, -0.2) is 13.1 Å². The number of hydrogen-bond donors (Lipinski definition) is 2. The fourth-order valence-corrected chi connectivity index (χ4v) is 4.38. The summed E-state index contributed by atoms with van der Waals surface area (Å²) in [5.74, 6) is 0.324. The van der Waals surface area contributed by atoms with E-state index in [1.807, 2.05) is 6.92 Å². The Bertz CT molecular complexity index is 766. The van der Waals surface area contributed by atoms with Crippen molar-refractivity contribution in [3.63, 3.8) is 0 Å². The Balaban J connectivity index is 2.04. The standard InChI is InChI=1S/C15H19N3O2S/c1-15(10-16,11-7-8-11)18-21(19,20)14-6-2-5-13-12(14)4-3-9-17-13/h2-6,9,11,18H,7-8,10,16H2,1H3. The maximum Gasteiger partial charge on any atom is 0.241 e. The number of nitrogens with two attached hydrogens (primary N) is 1. The molecule has 1 atom stereocenters. The SMILES string of the molecule is CC(CN)(NS(=O)(=O)c1cccc2ncccc12)C1CC1. The zero-order chi connectivity index (χ0) is 15.1. The highest BCUT2D eigenvalue weighted by Gasteiger charge is 2.43. The Morgan fingerprint density at radius 3 is 2.76 bits per heavy atom. The van der Waals surface area contributed by atoms with Gasteiger partial charge >= 0.3 is 0 Å². The summed E-state index contributed by atoms with van der Waals surface area (Å²) < 4.78 is 28.3. The molecular weight excluding hydrogens is 286 g/mol. The number of nitrogens with one attached hydrogen (secondary N) is 1. The highest BCUT2D eigenvalue weighted by Crippen LogP contribution is 2.40. The van der Waals surface area contributed by atoms with Crippen molar-refractivity contribution in [1.29, 1.82) is 0 Å². The van der Waals surface area contributed by atoms with Crippen molar-refractivity contribution in [1.82, 2.24) is 9.71 Å². The molecule has 0 spiro atoms. The Morgan fingerprint density at radius 2 is 2.10 bits per heavy atom. The zero-order valence-corrected chi connectivity index (χ0v) is 12.7. The van der Waals surface area contributed by atoms with Gasteiger partial charge in [0.25, 0.3) is 0 Å². The van der Waals surface area contributed by atoms with Crippen molar-refractivity contribution in [3.8, 4) is 0 Å². The Hall–Kier alpha value is -1.50. The Labute approximate surface area is 124 Å². The van der Waals surface area contributed by atoms with Crippen LogP contribution >= 0.6 is 0 Å². The van der Waals surface area contributed by atoms with Crippen LogP contribution in [0.2, 0.25) is 0 Å². The second-order valence-electron chi connectivity index (χ2n) is 5.83. The summed E-state index contributed by atoms with van der Waals surface area (Å²) in [6.45, 7) is 2.17. The average Bonchev–Trinajstić information content (AvgIpc) is 3.31. The third kappa shape index (κ3) is 2.66. The van der Waals surface area contributed by atoms with Crippen LogP contribution in [0.15, 0.2) is 41.4 Å². The summed E-state index contributed by atoms with van der Waals surface area (Å²) in [5, 5.41) is 0.627. The minimum Gasteiger partial charge on any atom is -0.329 e. The van der Waals surface area contributed by atoms with Crippen LogP contribution in [0.3, 0.4) is 0 Å². The first kappa shape index (κ1) is 14.4. The minimum absolute atomic E-state index is 0.258. The molecule has 1 fully saturated rings. The van der Waals surface area contributed by atoms with E-state index in [0.29, 0.717) is 23.4 Å². The lowest BCUT2D eigenvalue weighted by Gasteiger charge is -2.29. The number of hydrogen-bond acceptors (Lipinski definition) is 4. The van der Waals surface area contributed by atoms with E-state index in [0.717, 1.165) is 12.8 Å². The lowest BCUT2D eigenvalue weighted by molar-refractivity contribution is 0.374. The highest BCUT2D eigenvalue weighted by molar-refractivity contribution is 7.89. The number of benzene rings is 1. The Morgan fingerprint density at radius 1 is 1.33 bits per heavy atom. The molecule has 112 valence electrons. The van der Waals surface area contributed by atoms with Gasteiger partial charge < -0.3 is 5.73 Å². The van der Waals surface area contributed by atoms with E-state index in [-0.39, 0.29) is 4.90 Å². The highest BCUT2D eigenvalue weighted by atomic mass is 32.2. The zero-order valence-electron chi connectivity index (χ0n) is 11.9. The molecule has 1 saturated carbocycles. The molecule has 21 heavy (non-hydrogen) atoms. The van der Waals surface area contributed by atoms with Crippen molar-refractivity contribution < 1.29 is 8.42 Å². The predicted molar refractivity (Wildman–Crippen MR) is 82.2 cm³/mol. The second kappa shape index (κ2) is 5.05. The van der Waals surface area contributed by atoms with Gasteiger partial charge in [0, 0.05) is 23.7 Å². The summed E-state index contributed by atoms with van der Waals surface area (Å²) in [7, 11) is -3.63. The van der Waals surface area contributed by atoms with Gasteiger partial charge in [-0.1, -0.05) is 6.07 Å². The van der Waals surface area contributed by atoms with Crippen molar-refractivity contribution in [2.24, 2.45) is 11.7 Å². The number of sulfonamides is 1. The maximum atomic E-state index is 12.8. The van der Waals surface area contributed by atoms with Crippen molar-refractivity contribution in [2.75, 3.05) is 6.54 Å². The normalized spacial score (nSPS) is 18.6. The van der Waals surface area contributed by atoms with Crippen molar-refractivity contribution in [2.45, 2.75) is 30.2 Å². The fraction of sp³-hybridized carbons (Fsp3) is 0.400. The van der Waals surface area contributed by atoms with Crippen molar-refractivity contribution in [3.05, 3.63) is 36.5 Å². The van der Waals surface area contributed by atoms with E-state index < -0.39 is 15.6 Å². The van der Waals surface area contributed by atoms with Crippen molar-refractivity contribution >= 4 is 20.9 Å². The van der Waals surface area contributed by atoms with E-state index >= 15 is 0 Å². The van der Waals surface area contributed by atoms with Gasteiger partial charge in [0.1, 0.15) is 0 Å². The number of rotatable bonds is 5. The van der Waals surface area contributed by atoms with Crippen LogP contribution in [0.1, 0.15) is 19.8 Å². The number of nitrogens with zero attached hydrogens (tertiary/aromatic N) is 1. The molecule has 0 bridgehead atoms. The Kier molecular flexibility index (Phi) is 3.47. The van der Waals surface area contributed by atoms with Gasteiger partial charge in [0.05, 0.1) is 10.4 Å². The fourth-order valence-electron chi connectivity index (χ4n) is 2.68. The quantitative estimate of drug-likeness (QED) is 0.879. The third-order valence-electron chi connectivity index (χ3n) is 4.17. The molecule has 0 radical (unpaired) electrons. The molecule has 3 N–H and O–H groups in total. The van der Waals surface area contributed by atoms with Gasteiger partial charge in [-0.05, 0) is 49.9 Å². The molecule has 1 aliphatic carbocycles. The molecule has 1 aromatic carbocycles. The van der Waals surface area contributed by atoms with Crippen LogP contribution in [0.25, 0.3) is 10.9 Å². The largest absolute Gasteiger partial charge is 0.329 e. The number of fused-ring (bicyclic) bond motifs is 1. The van der Waals surface area contributed by atoms with Crippen LogP contribution in [0.4, 0.5) is 0 Å².